The van der Waals surface area contributed by atoms with E-state index in [-0.39, 0.29) is 0 Å². The molecule has 1 rings (SSSR count). The largest absolute Gasteiger partial charge is 0.330 e. The summed E-state index contributed by atoms with van der Waals surface area (Å²) in [4.78, 5) is 5.16. The van der Waals surface area contributed by atoms with Crippen LogP contribution in [0, 0.1) is 5.41 Å². The zero-order valence-electron chi connectivity index (χ0n) is 12.4. The van der Waals surface area contributed by atoms with E-state index in [0.717, 1.165) is 13.1 Å². The van der Waals surface area contributed by atoms with Crippen LogP contribution in [-0.4, -0.2) is 54.6 Å². The molecule has 102 valence electrons. The molecule has 1 aliphatic rings. The Morgan fingerprint density at radius 3 is 1.88 bits per heavy atom. The third-order valence-electron chi connectivity index (χ3n) is 4.27. The van der Waals surface area contributed by atoms with Gasteiger partial charge in [-0.25, -0.2) is 0 Å². The average Bonchev–Trinajstić information content (AvgIpc) is 2.28. The number of nitrogens with zero attached hydrogens (tertiary/aromatic N) is 2. The van der Waals surface area contributed by atoms with E-state index in [0.29, 0.717) is 11.0 Å². The highest BCUT2D eigenvalue weighted by Crippen LogP contribution is 2.23. The lowest BCUT2D eigenvalue weighted by atomic mass is 9.87. The SMILES string of the molecule is CCC(C)(CN)CN1CCN(C(C)(C)C)CC1. The first-order chi connectivity index (χ1) is 7.80. The molecule has 0 aromatic heterocycles. The molecule has 3 heteroatoms. The minimum absolute atomic E-state index is 0.296. The Balaban J connectivity index is 2.42. The van der Waals surface area contributed by atoms with Gasteiger partial charge in [0, 0.05) is 38.3 Å². The summed E-state index contributed by atoms with van der Waals surface area (Å²) in [7, 11) is 0. The van der Waals surface area contributed by atoms with Gasteiger partial charge in [-0.05, 0) is 39.2 Å². The van der Waals surface area contributed by atoms with Crippen LogP contribution in [-0.2, 0) is 0 Å². The van der Waals surface area contributed by atoms with Crippen LogP contribution in [0.5, 0.6) is 0 Å². The molecule has 0 aliphatic carbocycles. The second-order valence-corrected chi connectivity index (χ2v) is 6.80. The van der Waals surface area contributed by atoms with Crippen LogP contribution in [0.25, 0.3) is 0 Å². The summed E-state index contributed by atoms with van der Waals surface area (Å²) < 4.78 is 0. The molecule has 1 atom stereocenters. The van der Waals surface area contributed by atoms with Gasteiger partial charge in [0.15, 0.2) is 0 Å². The van der Waals surface area contributed by atoms with Gasteiger partial charge in [-0.2, -0.15) is 0 Å². The van der Waals surface area contributed by atoms with Crippen LogP contribution in [0.2, 0.25) is 0 Å². The molecule has 1 saturated heterocycles. The van der Waals surface area contributed by atoms with Gasteiger partial charge in [0.25, 0.3) is 0 Å². The zero-order valence-corrected chi connectivity index (χ0v) is 12.4. The number of nitrogens with two attached hydrogens (primary N) is 1. The van der Waals surface area contributed by atoms with Gasteiger partial charge in [0.2, 0.25) is 0 Å². The molecule has 1 fully saturated rings. The summed E-state index contributed by atoms with van der Waals surface area (Å²) >= 11 is 0. The van der Waals surface area contributed by atoms with Crippen molar-refractivity contribution in [3.63, 3.8) is 0 Å². The van der Waals surface area contributed by atoms with E-state index in [1.54, 1.807) is 0 Å². The smallest absolute Gasteiger partial charge is 0.0126 e. The lowest BCUT2D eigenvalue weighted by Crippen LogP contribution is -2.55. The molecule has 0 aromatic carbocycles. The molecule has 0 radical (unpaired) electrons. The van der Waals surface area contributed by atoms with E-state index in [9.17, 15) is 0 Å². The van der Waals surface area contributed by atoms with Crippen molar-refractivity contribution in [3.05, 3.63) is 0 Å². The van der Waals surface area contributed by atoms with E-state index < -0.39 is 0 Å². The first kappa shape index (κ1) is 14.9. The lowest BCUT2D eigenvalue weighted by molar-refractivity contribution is 0.0432. The third-order valence-corrected chi connectivity index (χ3v) is 4.27. The Kier molecular flexibility index (Phi) is 4.99. The van der Waals surface area contributed by atoms with E-state index in [1.807, 2.05) is 0 Å². The first-order valence-electron chi connectivity index (χ1n) is 6.98. The van der Waals surface area contributed by atoms with Gasteiger partial charge in [-0.1, -0.05) is 13.8 Å². The van der Waals surface area contributed by atoms with Gasteiger partial charge < -0.3 is 10.6 Å². The van der Waals surface area contributed by atoms with E-state index >= 15 is 0 Å². The lowest BCUT2D eigenvalue weighted by Gasteiger charge is -2.44. The van der Waals surface area contributed by atoms with Crippen molar-refractivity contribution in [2.45, 2.75) is 46.6 Å². The summed E-state index contributed by atoms with van der Waals surface area (Å²) in [5, 5.41) is 0. The maximum absolute atomic E-state index is 5.89. The maximum Gasteiger partial charge on any atom is 0.0126 e. The van der Waals surface area contributed by atoms with Gasteiger partial charge in [-0.3, -0.25) is 4.90 Å². The van der Waals surface area contributed by atoms with Gasteiger partial charge in [0.05, 0.1) is 0 Å². The van der Waals surface area contributed by atoms with Gasteiger partial charge in [-0.15, -0.1) is 0 Å². The van der Waals surface area contributed by atoms with Crippen molar-refractivity contribution >= 4 is 0 Å². The zero-order chi connectivity index (χ0) is 13.1. The molecule has 2 N–H and O–H groups in total. The highest BCUT2D eigenvalue weighted by molar-refractivity contribution is 4.85. The Morgan fingerprint density at radius 1 is 1.00 bits per heavy atom. The van der Waals surface area contributed by atoms with E-state index in [4.69, 9.17) is 5.73 Å². The van der Waals surface area contributed by atoms with Crippen molar-refractivity contribution in [2.75, 3.05) is 39.3 Å². The van der Waals surface area contributed by atoms with Crippen molar-refractivity contribution < 1.29 is 0 Å². The van der Waals surface area contributed by atoms with Crippen LogP contribution in [0.15, 0.2) is 0 Å². The Hall–Kier alpha value is -0.120. The van der Waals surface area contributed by atoms with Gasteiger partial charge >= 0.3 is 0 Å². The second kappa shape index (κ2) is 5.68. The molecule has 1 aliphatic heterocycles. The Labute approximate surface area is 107 Å². The van der Waals surface area contributed by atoms with Crippen molar-refractivity contribution in [3.8, 4) is 0 Å². The summed E-state index contributed by atoms with van der Waals surface area (Å²) in [6, 6.07) is 0. The normalized spacial score (nSPS) is 23.6. The third kappa shape index (κ3) is 4.23. The van der Waals surface area contributed by atoms with Crippen LogP contribution in [0.1, 0.15) is 41.0 Å². The second-order valence-electron chi connectivity index (χ2n) is 6.80. The molecule has 0 saturated carbocycles. The van der Waals surface area contributed by atoms with Crippen LogP contribution in [0.3, 0.4) is 0 Å². The molecule has 17 heavy (non-hydrogen) atoms. The number of rotatable bonds is 4. The van der Waals surface area contributed by atoms with E-state index in [1.165, 1.54) is 32.6 Å². The van der Waals surface area contributed by atoms with Crippen molar-refractivity contribution in [2.24, 2.45) is 11.1 Å². The first-order valence-corrected chi connectivity index (χ1v) is 6.98. The fourth-order valence-corrected chi connectivity index (χ4v) is 2.44. The fourth-order valence-electron chi connectivity index (χ4n) is 2.44. The molecule has 0 aromatic rings. The Bertz CT molecular complexity index is 220. The standard InChI is InChI=1S/C14H31N3/c1-6-14(5,11-15)12-16-7-9-17(10-8-16)13(2,3)4/h6-12,15H2,1-5H3. The topological polar surface area (TPSA) is 32.5 Å². The molecule has 0 spiro atoms. The van der Waals surface area contributed by atoms with Crippen molar-refractivity contribution in [1.29, 1.82) is 0 Å². The monoisotopic (exact) mass is 241 g/mol. The molecule has 3 nitrogen and oxygen atoms in total. The summed E-state index contributed by atoms with van der Waals surface area (Å²) in [5.74, 6) is 0. The molecule has 0 bridgehead atoms. The quantitative estimate of drug-likeness (QED) is 0.814. The summed E-state index contributed by atoms with van der Waals surface area (Å²) in [6.07, 6.45) is 1.17. The average molecular weight is 241 g/mol. The molecule has 1 heterocycles. The highest BCUT2D eigenvalue weighted by Gasteiger charge is 2.29. The number of hydrogen-bond donors (Lipinski definition) is 1. The number of hydrogen-bond acceptors (Lipinski definition) is 3. The minimum Gasteiger partial charge on any atom is -0.330 e. The van der Waals surface area contributed by atoms with E-state index in [2.05, 4.69) is 44.4 Å². The molecule has 1 unspecified atom stereocenters. The predicted molar refractivity (Wildman–Crippen MR) is 75.2 cm³/mol. The van der Waals surface area contributed by atoms with Crippen LogP contribution >= 0.6 is 0 Å². The van der Waals surface area contributed by atoms with Crippen LogP contribution < -0.4 is 5.73 Å². The predicted octanol–water partition coefficient (Wildman–Crippen LogP) is 1.78. The molecule has 0 amide bonds. The number of piperazine rings is 1. The summed E-state index contributed by atoms with van der Waals surface area (Å²) in [6.45, 7) is 18.2. The molecular formula is C14H31N3. The van der Waals surface area contributed by atoms with Crippen molar-refractivity contribution in [1.82, 2.24) is 9.80 Å². The van der Waals surface area contributed by atoms with Gasteiger partial charge in [0.1, 0.15) is 0 Å². The van der Waals surface area contributed by atoms with Crippen LogP contribution in [0.4, 0.5) is 0 Å². The highest BCUT2D eigenvalue weighted by atomic mass is 15.3. The fraction of sp³-hybridized carbons (Fsp3) is 1.00. The summed E-state index contributed by atoms with van der Waals surface area (Å²) in [5.41, 5.74) is 6.50. The molecular weight excluding hydrogens is 210 g/mol. The maximum atomic E-state index is 5.89. The Morgan fingerprint density at radius 2 is 1.53 bits per heavy atom. The minimum atomic E-state index is 0.296.